The highest BCUT2D eigenvalue weighted by molar-refractivity contribution is 7.92. The fraction of sp³-hybridized carbons (Fsp3) is 0.818. The number of nitrogens with zero attached hydrogens (tertiary/aromatic N) is 1. The monoisotopic (exact) mass is 277 g/mol. The fourth-order valence-corrected chi connectivity index (χ4v) is 2.29. The largest absolute Gasteiger partial charge is 0.469 e. The normalized spacial score (nSPS) is 20.9. The van der Waals surface area contributed by atoms with E-state index in [0.29, 0.717) is 13.0 Å². The molecule has 1 aliphatic rings. The molecular formula is C11H19NO5S. The third-order valence-corrected chi connectivity index (χ3v) is 5.48. The first-order valence-electron chi connectivity index (χ1n) is 5.68. The number of carbonyl (C=O) groups excluding carboxylic acids is 2. The first-order chi connectivity index (χ1) is 8.11. The highest BCUT2D eigenvalue weighted by Crippen LogP contribution is 2.24. The molecule has 1 rings (SSSR count). The van der Waals surface area contributed by atoms with Crippen molar-refractivity contribution in [2.45, 2.75) is 25.0 Å². The van der Waals surface area contributed by atoms with Gasteiger partial charge in [-0.15, -0.1) is 0 Å². The second kappa shape index (κ2) is 4.87. The van der Waals surface area contributed by atoms with Crippen molar-refractivity contribution in [1.82, 2.24) is 4.90 Å². The van der Waals surface area contributed by atoms with Gasteiger partial charge in [-0.3, -0.25) is 9.59 Å². The zero-order valence-electron chi connectivity index (χ0n) is 11.1. The third kappa shape index (κ3) is 2.66. The SMILES string of the molecule is COC(=O)C1CCN(C(=O)C(C)(C)S(C)(=O)=O)C1. The number of rotatable bonds is 3. The van der Waals surface area contributed by atoms with Crippen molar-refractivity contribution in [3.05, 3.63) is 0 Å². The topological polar surface area (TPSA) is 80.8 Å². The minimum Gasteiger partial charge on any atom is -0.469 e. The lowest BCUT2D eigenvalue weighted by molar-refractivity contribution is -0.145. The molecule has 0 N–H and O–H groups in total. The van der Waals surface area contributed by atoms with Crippen LogP contribution in [-0.4, -0.2) is 56.4 Å². The van der Waals surface area contributed by atoms with Crippen LogP contribution in [0.5, 0.6) is 0 Å². The van der Waals surface area contributed by atoms with Crippen molar-refractivity contribution in [2.24, 2.45) is 5.92 Å². The Morgan fingerprint density at radius 3 is 2.33 bits per heavy atom. The molecule has 0 aromatic carbocycles. The zero-order chi connectivity index (χ0) is 14.1. The summed E-state index contributed by atoms with van der Waals surface area (Å²) in [6.07, 6.45) is 1.55. The molecule has 0 aliphatic carbocycles. The number of sulfone groups is 1. The van der Waals surface area contributed by atoms with Crippen molar-refractivity contribution in [2.75, 3.05) is 26.5 Å². The highest BCUT2D eigenvalue weighted by atomic mass is 32.2. The molecular weight excluding hydrogens is 258 g/mol. The minimum absolute atomic E-state index is 0.227. The van der Waals surface area contributed by atoms with E-state index in [-0.39, 0.29) is 18.4 Å². The Kier molecular flexibility index (Phi) is 4.05. The number of carbonyl (C=O) groups is 2. The quantitative estimate of drug-likeness (QED) is 0.669. The molecule has 6 nitrogen and oxygen atoms in total. The van der Waals surface area contributed by atoms with Crippen LogP contribution in [0, 0.1) is 5.92 Å². The maximum absolute atomic E-state index is 12.2. The van der Waals surface area contributed by atoms with Gasteiger partial charge in [-0.1, -0.05) is 0 Å². The van der Waals surface area contributed by atoms with E-state index in [0.717, 1.165) is 6.26 Å². The van der Waals surface area contributed by atoms with E-state index in [4.69, 9.17) is 0 Å². The summed E-state index contributed by atoms with van der Waals surface area (Å²) in [5.74, 6) is -1.17. The molecule has 1 atom stereocenters. The molecule has 104 valence electrons. The Bertz CT molecular complexity index is 454. The standard InChI is InChI=1S/C11H19NO5S/c1-11(2,18(4,15)16)10(14)12-6-5-8(7-12)9(13)17-3/h8H,5-7H2,1-4H3. The number of hydrogen-bond acceptors (Lipinski definition) is 5. The summed E-state index contributed by atoms with van der Waals surface area (Å²) in [6.45, 7) is 3.38. The summed E-state index contributed by atoms with van der Waals surface area (Å²) in [4.78, 5) is 24.9. The summed E-state index contributed by atoms with van der Waals surface area (Å²) in [5, 5.41) is 0. The first kappa shape index (κ1) is 14.9. The Labute approximate surface area is 107 Å². The Morgan fingerprint density at radius 2 is 1.89 bits per heavy atom. The van der Waals surface area contributed by atoms with E-state index < -0.39 is 20.5 Å². The van der Waals surface area contributed by atoms with Crippen LogP contribution in [0.15, 0.2) is 0 Å². The van der Waals surface area contributed by atoms with Gasteiger partial charge in [0, 0.05) is 19.3 Å². The van der Waals surface area contributed by atoms with Gasteiger partial charge >= 0.3 is 5.97 Å². The van der Waals surface area contributed by atoms with Gasteiger partial charge in [-0.05, 0) is 20.3 Å². The number of hydrogen-bond donors (Lipinski definition) is 0. The Morgan fingerprint density at radius 1 is 1.33 bits per heavy atom. The second-order valence-electron chi connectivity index (χ2n) is 5.04. The van der Waals surface area contributed by atoms with E-state index >= 15 is 0 Å². The lowest BCUT2D eigenvalue weighted by Gasteiger charge is -2.27. The van der Waals surface area contributed by atoms with Gasteiger partial charge in [-0.2, -0.15) is 0 Å². The summed E-state index contributed by atoms with van der Waals surface area (Å²) in [5.41, 5.74) is 0. The average Bonchev–Trinajstić information content (AvgIpc) is 2.74. The number of amides is 1. The van der Waals surface area contributed by atoms with Crippen LogP contribution in [0.2, 0.25) is 0 Å². The van der Waals surface area contributed by atoms with Crippen molar-refractivity contribution < 1.29 is 22.7 Å². The summed E-state index contributed by atoms with van der Waals surface area (Å²) < 4.78 is 26.3. The molecule has 1 amide bonds. The summed E-state index contributed by atoms with van der Waals surface area (Å²) in [6, 6.07) is 0. The van der Waals surface area contributed by atoms with Crippen molar-refractivity contribution in [3.8, 4) is 0 Å². The molecule has 1 fully saturated rings. The fourth-order valence-electron chi connectivity index (χ4n) is 1.84. The molecule has 0 radical (unpaired) electrons. The molecule has 0 saturated carbocycles. The number of likely N-dealkylation sites (tertiary alicyclic amines) is 1. The minimum atomic E-state index is -3.49. The van der Waals surface area contributed by atoms with Crippen molar-refractivity contribution in [1.29, 1.82) is 0 Å². The van der Waals surface area contributed by atoms with E-state index in [2.05, 4.69) is 4.74 Å². The van der Waals surface area contributed by atoms with Gasteiger partial charge in [-0.25, -0.2) is 8.42 Å². The Hall–Kier alpha value is -1.11. The molecule has 18 heavy (non-hydrogen) atoms. The van der Waals surface area contributed by atoms with Gasteiger partial charge in [0.15, 0.2) is 9.84 Å². The number of esters is 1. The predicted octanol–water partition coefficient (Wildman–Crippen LogP) is -0.169. The molecule has 1 aliphatic heterocycles. The molecule has 0 bridgehead atoms. The second-order valence-corrected chi connectivity index (χ2v) is 7.61. The molecule has 7 heteroatoms. The average molecular weight is 277 g/mol. The third-order valence-electron chi connectivity index (χ3n) is 3.45. The van der Waals surface area contributed by atoms with Gasteiger partial charge in [0.25, 0.3) is 0 Å². The number of methoxy groups -OCH3 is 1. The molecule has 1 saturated heterocycles. The number of ether oxygens (including phenoxy) is 1. The zero-order valence-corrected chi connectivity index (χ0v) is 11.9. The molecule has 0 aromatic rings. The van der Waals surface area contributed by atoms with Crippen LogP contribution in [0.4, 0.5) is 0 Å². The van der Waals surface area contributed by atoms with Gasteiger partial charge < -0.3 is 9.64 Å². The van der Waals surface area contributed by atoms with E-state index in [1.165, 1.54) is 25.9 Å². The summed E-state index contributed by atoms with van der Waals surface area (Å²) in [7, 11) is -2.19. The maximum Gasteiger partial charge on any atom is 0.310 e. The van der Waals surface area contributed by atoms with Crippen LogP contribution in [0.1, 0.15) is 20.3 Å². The van der Waals surface area contributed by atoms with Crippen LogP contribution in [0.3, 0.4) is 0 Å². The molecule has 0 spiro atoms. The molecule has 0 aromatic heterocycles. The van der Waals surface area contributed by atoms with Gasteiger partial charge in [0.05, 0.1) is 13.0 Å². The van der Waals surface area contributed by atoms with Crippen LogP contribution < -0.4 is 0 Å². The lowest BCUT2D eigenvalue weighted by Crippen LogP contribution is -2.49. The van der Waals surface area contributed by atoms with E-state index in [1.807, 2.05) is 0 Å². The van der Waals surface area contributed by atoms with Crippen molar-refractivity contribution in [3.63, 3.8) is 0 Å². The highest BCUT2D eigenvalue weighted by Gasteiger charge is 2.44. The smallest absolute Gasteiger partial charge is 0.310 e. The first-order valence-corrected chi connectivity index (χ1v) is 7.57. The lowest BCUT2D eigenvalue weighted by atomic mass is 10.1. The van der Waals surface area contributed by atoms with E-state index in [9.17, 15) is 18.0 Å². The van der Waals surface area contributed by atoms with Crippen molar-refractivity contribution >= 4 is 21.7 Å². The van der Waals surface area contributed by atoms with Crippen LogP contribution >= 0.6 is 0 Å². The molecule has 1 unspecified atom stereocenters. The van der Waals surface area contributed by atoms with E-state index in [1.54, 1.807) is 0 Å². The van der Waals surface area contributed by atoms with Gasteiger partial charge in [0.1, 0.15) is 4.75 Å². The van der Waals surface area contributed by atoms with Crippen LogP contribution in [0.25, 0.3) is 0 Å². The van der Waals surface area contributed by atoms with Gasteiger partial charge in [0.2, 0.25) is 5.91 Å². The summed E-state index contributed by atoms with van der Waals surface area (Å²) >= 11 is 0. The Balaban J connectivity index is 2.81. The maximum atomic E-state index is 12.2. The van der Waals surface area contributed by atoms with Crippen LogP contribution in [-0.2, 0) is 24.2 Å². The molecule has 1 heterocycles. The predicted molar refractivity (Wildman–Crippen MR) is 65.6 cm³/mol.